The number of benzene rings is 1. The second kappa shape index (κ2) is 6.77. The van der Waals surface area contributed by atoms with E-state index in [2.05, 4.69) is 26.2 Å². The first-order valence-electron chi connectivity index (χ1n) is 8.40. The average molecular weight is 370 g/mol. The van der Waals surface area contributed by atoms with E-state index in [1.54, 1.807) is 11.3 Å². The van der Waals surface area contributed by atoms with Crippen LogP contribution in [0.2, 0.25) is 0 Å². The van der Waals surface area contributed by atoms with Gasteiger partial charge in [0, 0.05) is 11.6 Å². The molecule has 1 aliphatic carbocycles. The maximum absolute atomic E-state index is 12.7. The largest absolute Gasteiger partial charge is 0.298 e. The van der Waals surface area contributed by atoms with Crippen molar-refractivity contribution in [1.82, 2.24) is 14.8 Å². The lowest BCUT2D eigenvalue weighted by molar-refractivity contribution is 0.0994. The summed E-state index contributed by atoms with van der Waals surface area (Å²) in [6.45, 7) is 3.97. The minimum atomic E-state index is -0.194. The topological polar surface area (TPSA) is 47.8 Å². The number of hydrogen-bond donors (Lipinski definition) is 0. The van der Waals surface area contributed by atoms with E-state index in [9.17, 15) is 4.79 Å². The number of nitrogens with zero attached hydrogens (tertiary/aromatic N) is 3. The number of aryl methyl sites for hydroxylation is 1. The molecule has 0 saturated heterocycles. The van der Waals surface area contributed by atoms with Gasteiger partial charge in [-0.15, -0.1) is 21.5 Å². The van der Waals surface area contributed by atoms with E-state index in [-0.39, 0.29) is 11.0 Å². The first-order chi connectivity index (χ1) is 12.1. The lowest BCUT2D eigenvalue weighted by Crippen LogP contribution is -2.14. The molecule has 1 fully saturated rings. The smallest absolute Gasteiger partial charge is 0.192 e. The van der Waals surface area contributed by atoms with E-state index in [0.717, 1.165) is 39.8 Å². The van der Waals surface area contributed by atoms with Gasteiger partial charge in [-0.3, -0.25) is 9.36 Å². The molecule has 6 heteroatoms. The van der Waals surface area contributed by atoms with E-state index in [1.807, 2.05) is 44.2 Å². The third kappa shape index (κ3) is 3.41. The molecular formula is C19H19N3OS2. The van der Waals surface area contributed by atoms with Gasteiger partial charge in [-0.05, 0) is 38.1 Å². The number of carbonyl (C=O) groups excluding carboxylic acids is 1. The van der Waals surface area contributed by atoms with Crippen molar-refractivity contribution >= 4 is 28.9 Å². The molecule has 2 heterocycles. The quantitative estimate of drug-likeness (QED) is 0.452. The highest BCUT2D eigenvalue weighted by molar-refractivity contribution is 8.00. The van der Waals surface area contributed by atoms with Crippen LogP contribution in [0.5, 0.6) is 0 Å². The second-order valence-corrected chi connectivity index (χ2v) is 8.63. The zero-order chi connectivity index (χ0) is 17.4. The maximum atomic E-state index is 12.7. The van der Waals surface area contributed by atoms with Gasteiger partial charge in [0.25, 0.3) is 0 Å². The van der Waals surface area contributed by atoms with Gasteiger partial charge in [0.15, 0.2) is 16.8 Å². The van der Waals surface area contributed by atoms with Gasteiger partial charge in [-0.2, -0.15) is 0 Å². The van der Waals surface area contributed by atoms with Crippen molar-refractivity contribution in [3.05, 3.63) is 52.9 Å². The second-order valence-electron chi connectivity index (χ2n) is 6.38. The Balaban J connectivity index is 1.58. The number of thioether (sulfide) groups is 1. The summed E-state index contributed by atoms with van der Waals surface area (Å²) in [5.41, 5.74) is 1.91. The van der Waals surface area contributed by atoms with Crippen LogP contribution in [0.3, 0.4) is 0 Å². The van der Waals surface area contributed by atoms with E-state index in [1.165, 1.54) is 11.8 Å². The average Bonchev–Trinajstić information content (AvgIpc) is 3.14. The molecule has 128 valence electrons. The summed E-state index contributed by atoms with van der Waals surface area (Å²) in [6.07, 6.45) is 2.31. The molecule has 1 saturated carbocycles. The molecular weight excluding hydrogens is 350 g/mol. The van der Waals surface area contributed by atoms with Gasteiger partial charge in [0.1, 0.15) is 0 Å². The van der Waals surface area contributed by atoms with Crippen molar-refractivity contribution in [1.29, 1.82) is 0 Å². The summed E-state index contributed by atoms with van der Waals surface area (Å²) in [5, 5.41) is 11.5. The monoisotopic (exact) mass is 369 g/mol. The summed E-state index contributed by atoms with van der Waals surface area (Å²) in [5.74, 6) is 1.06. The summed E-state index contributed by atoms with van der Waals surface area (Å²) < 4.78 is 2.22. The van der Waals surface area contributed by atoms with Gasteiger partial charge in [-0.1, -0.05) is 47.7 Å². The van der Waals surface area contributed by atoms with Crippen LogP contribution in [0.15, 0.2) is 46.9 Å². The van der Waals surface area contributed by atoms with Crippen molar-refractivity contribution in [3.8, 4) is 10.7 Å². The third-order valence-corrected chi connectivity index (χ3v) is 6.23. The SMILES string of the molecule is Cc1ccc(C(=O)[C@H](C)Sc2nnc(-c3cccs3)n2C2CC2)cc1. The lowest BCUT2D eigenvalue weighted by atomic mass is 10.1. The van der Waals surface area contributed by atoms with E-state index >= 15 is 0 Å². The van der Waals surface area contributed by atoms with Crippen molar-refractivity contribution in [2.75, 3.05) is 0 Å². The fourth-order valence-electron chi connectivity index (χ4n) is 2.76. The minimum Gasteiger partial charge on any atom is -0.298 e. The third-order valence-electron chi connectivity index (χ3n) is 4.31. The summed E-state index contributed by atoms with van der Waals surface area (Å²) in [4.78, 5) is 13.8. The van der Waals surface area contributed by atoms with Crippen LogP contribution in [-0.2, 0) is 0 Å². The summed E-state index contributed by atoms with van der Waals surface area (Å²) >= 11 is 3.18. The molecule has 4 nitrogen and oxygen atoms in total. The molecule has 0 aliphatic heterocycles. The Morgan fingerprint density at radius 2 is 2.00 bits per heavy atom. The molecule has 0 N–H and O–H groups in total. The summed E-state index contributed by atoms with van der Waals surface area (Å²) in [7, 11) is 0. The number of rotatable bonds is 6. The first kappa shape index (κ1) is 16.5. The molecule has 0 spiro atoms. The number of ketones is 1. The van der Waals surface area contributed by atoms with E-state index in [0.29, 0.717) is 6.04 Å². The van der Waals surface area contributed by atoms with Crippen molar-refractivity contribution in [3.63, 3.8) is 0 Å². The van der Waals surface area contributed by atoms with Crippen LogP contribution < -0.4 is 0 Å². The van der Waals surface area contributed by atoms with Crippen molar-refractivity contribution in [2.45, 2.75) is 43.1 Å². The van der Waals surface area contributed by atoms with Crippen LogP contribution in [0.25, 0.3) is 10.7 Å². The standard InChI is InChI=1S/C19H19N3OS2/c1-12-5-7-14(8-6-12)17(23)13(2)25-19-21-20-18(16-4-3-11-24-16)22(19)15-9-10-15/h3-8,11,13,15H,9-10H2,1-2H3/t13-/m0/s1. The van der Waals surface area contributed by atoms with Gasteiger partial charge in [-0.25, -0.2) is 0 Å². The van der Waals surface area contributed by atoms with Crippen LogP contribution in [0, 0.1) is 6.92 Å². The Hall–Kier alpha value is -1.92. The predicted octanol–water partition coefficient (Wildman–Crippen LogP) is 5.01. The highest BCUT2D eigenvalue weighted by atomic mass is 32.2. The molecule has 4 rings (SSSR count). The normalized spacial score (nSPS) is 15.3. The Bertz CT molecular complexity index is 880. The van der Waals surface area contributed by atoms with E-state index < -0.39 is 0 Å². The molecule has 3 aromatic rings. The van der Waals surface area contributed by atoms with Gasteiger partial charge >= 0.3 is 0 Å². The van der Waals surface area contributed by atoms with Gasteiger partial charge < -0.3 is 0 Å². The lowest BCUT2D eigenvalue weighted by Gasteiger charge is -2.12. The molecule has 0 bridgehead atoms. The van der Waals surface area contributed by atoms with Crippen molar-refractivity contribution in [2.24, 2.45) is 0 Å². The number of carbonyl (C=O) groups is 1. The number of thiophene rings is 1. The van der Waals surface area contributed by atoms with Gasteiger partial charge in [0.2, 0.25) is 0 Å². The zero-order valence-electron chi connectivity index (χ0n) is 14.2. The number of aromatic nitrogens is 3. The molecule has 0 amide bonds. The first-order valence-corrected chi connectivity index (χ1v) is 10.2. The van der Waals surface area contributed by atoms with Crippen LogP contribution >= 0.6 is 23.1 Å². The zero-order valence-corrected chi connectivity index (χ0v) is 15.8. The fourth-order valence-corrected chi connectivity index (χ4v) is 4.46. The fraction of sp³-hybridized carbons (Fsp3) is 0.316. The Labute approximate surface area is 155 Å². The van der Waals surface area contributed by atoms with Crippen LogP contribution in [-0.4, -0.2) is 25.8 Å². The highest BCUT2D eigenvalue weighted by Gasteiger charge is 2.31. The molecule has 1 aromatic carbocycles. The number of Topliss-reactive ketones (excluding diaryl/α,β-unsaturated/α-hetero) is 1. The molecule has 1 atom stereocenters. The Kier molecular flexibility index (Phi) is 4.48. The molecule has 2 aromatic heterocycles. The van der Waals surface area contributed by atoms with E-state index in [4.69, 9.17) is 0 Å². The summed E-state index contributed by atoms with van der Waals surface area (Å²) in [6, 6.07) is 12.3. The number of hydrogen-bond acceptors (Lipinski definition) is 5. The Morgan fingerprint density at radius 1 is 1.24 bits per heavy atom. The van der Waals surface area contributed by atoms with Crippen LogP contribution in [0.4, 0.5) is 0 Å². The minimum absolute atomic E-state index is 0.132. The maximum Gasteiger partial charge on any atom is 0.192 e. The van der Waals surface area contributed by atoms with Crippen molar-refractivity contribution < 1.29 is 4.79 Å². The molecule has 1 aliphatic rings. The molecule has 25 heavy (non-hydrogen) atoms. The highest BCUT2D eigenvalue weighted by Crippen LogP contribution is 2.42. The van der Waals surface area contributed by atoms with Gasteiger partial charge in [0.05, 0.1) is 10.1 Å². The Morgan fingerprint density at radius 3 is 2.64 bits per heavy atom. The molecule has 0 unspecified atom stereocenters. The predicted molar refractivity (Wildman–Crippen MR) is 102 cm³/mol. The molecule has 0 radical (unpaired) electrons. The van der Waals surface area contributed by atoms with Crippen LogP contribution in [0.1, 0.15) is 41.7 Å².